The molecule has 6 heterocycles. The Morgan fingerprint density at radius 2 is 0.224 bits per heavy atom. The molecular formula is C48H104O20Si8. The van der Waals surface area contributed by atoms with Gasteiger partial charge in [-0.3, -0.25) is 0 Å². The fourth-order valence-corrected chi connectivity index (χ4v) is 62.0. The summed E-state index contributed by atoms with van der Waals surface area (Å²) in [6, 6.07) is 2.88. The van der Waals surface area contributed by atoms with Gasteiger partial charge in [0.2, 0.25) is 0 Å². The molecule has 0 aromatic rings. The minimum atomic E-state index is -4.20. The maximum Gasteiger partial charge on any atom is 0.478 e. The Morgan fingerprint density at radius 3 is 0.316 bits per heavy atom. The van der Waals surface area contributed by atoms with E-state index in [1.54, 1.807) is 0 Å². The van der Waals surface area contributed by atoms with E-state index in [-0.39, 0.29) is 52.9 Å². The van der Waals surface area contributed by atoms with Gasteiger partial charge < -0.3 is 90.2 Å². The summed E-state index contributed by atoms with van der Waals surface area (Å²) in [5, 5.41) is 78.8. The summed E-state index contributed by atoms with van der Waals surface area (Å²) >= 11 is 0. The average Bonchev–Trinajstić information content (AvgIpc) is 3.36. The first kappa shape index (κ1) is 67.7. The van der Waals surface area contributed by atoms with Crippen LogP contribution < -0.4 is 0 Å². The maximum absolute atomic E-state index is 9.85. The Bertz CT molecular complexity index is 1150. The molecule has 0 saturated carbocycles. The maximum atomic E-state index is 9.85. The second kappa shape index (κ2) is 35.9. The number of hydrogen-bond donors (Lipinski definition) is 8. The molecule has 28 heteroatoms. The van der Waals surface area contributed by atoms with Crippen LogP contribution >= 0.6 is 0 Å². The largest absolute Gasteiger partial charge is 0.478 e. The van der Waals surface area contributed by atoms with E-state index >= 15 is 0 Å². The summed E-state index contributed by atoms with van der Waals surface area (Å²) in [4.78, 5) is 0. The Labute approximate surface area is 465 Å². The van der Waals surface area contributed by atoms with Gasteiger partial charge in [0.05, 0.1) is 0 Å². The van der Waals surface area contributed by atoms with Gasteiger partial charge in [-0.15, -0.1) is 0 Å². The highest BCUT2D eigenvalue weighted by atomic mass is 28.6. The van der Waals surface area contributed by atoms with Gasteiger partial charge in [-0.2, -0.15) is 0 Å². The topological polar surface area (TPSA) is 273 Å². The van der Waals surface area contributed by atoms with Crippen LogP contribution in [0.2, 0.25) is 48.4 Å². The molecule has 20 nitrogen and oxygen atoms in total. The molecule has 448 valence electrons. The van der Waals surface area contributed by atoms with Crippen LogP contribution in [0.15, 0.2) is 0 Å². The fourth-order valence-electron chi connectivity index (χ4n) is 11.0. The molecule has 0 radical (unpaired) electrons. The molecule has 0 aromatic carbocycles. The summed E-state index contributed by atoms with van der Waals surface area (Å²) < 4.78 is 96.0. The summed E-state index contributed by atoms with van der Waals surface area (Å²) in [5.74, 6) is 0. The molecule has 6 saturated heterocycles. The zero-order valence-electron chi connectivity index (χ0n) is 46.4. The predicted molar refractivity (Wildman–Crippen MR) is 302 cm³/mol. The zero-order chi connectivity index (χ0) is 54.4. The summed E-state index contributed by atoms with van der Waals surface area (Å²) in [6.45, 7) is 0.680. The Hall–Kier alpha value is 0.935. The molecule has 0 aliphatic carbocycles. The highest BCUT2D eigenvalue weighted by Crippen LogP contribution is 2.55. The first-order chi connectivity index (χ1) is 37.0. The molecule has 76 heavy (non-hydrogen) atoms. The van der Waals surface area contributed by atoms with Crippen LogP contribution in [0.25, 0.3) is 0 Å². The number of rotatable bonds is 48. The van der Waals surface area contributed by atoms with Crippen molar-refractivity contribution in [1.82, 2.24) is 0 Å². The van der Waals surface area contributed by atoms with Crippen LogP contribution in [0, 0.1) is 0 Å². The van der Waals surface area contributed by atoms with Gasteiger partial charge in [-0.05, 0) is 103 Å². The van der Waals surface area contributed by atoms with Gasteiger partial charge in [0.1, 0.15) is 0 Å². The quantitative estimate of drug-likeness (QED) is 0.0211. The van der Waals surface area contributed by atoms with Crippen LogP contribution in [0.1, 0.15) is 205 Å². The van der Waals surface area contributed by atoms with Crippen molar-refractivity contribution in [2.24, 2.45) is 0 Å². The number of unbranched alkanes of at least 4 members (excludes halogenated alkanes) is 24. The van der Waals surface area contributed by atoms with Gasteiger partial charge in [0, 0.05) is 101 Å². The van der Waals surface area contributed by atoms with Gasteiger partial charge in [0.25, 0.3) is 0 Å². The molecular weight excluding hydrogens is 1120 g/mol. The van der Waals surface area contributed by atoms with Crippen molar-refractivity contribution in [2.75, 3.05) is 52.9 Å². The third-order valence-corrected chi connectivity index (χ3v) is 52.4. The number of aliphatic hydroxyl groups is 8. The molecule has 6 rings (SSSR count). The van der Waals surface area contributed by atoms with Gasteiger partial charge in [0.15, 0.2) is 0 Å². The summed E-state index contributed by atoms with van der Waals surface area (Å²) in [7, 11) is -33.6. The second-order valence-electron chi connectivity index (χ2n) is 21.8. The Morgan fingerprint density at radius 1 is 0.132 bits per heavy atom. The first-order valence-electron chi connectivity index (χ1n) is 30.3. The monoisotopic (exact) mass is 1220 g/mol. The van der Waals surface area contributed by atoms with Crippen LogP contribution in [0.3, 0.4) is 0 Å². The molecule has 6 fully saturated rings. The van der Waals surface area contributed by atoms with Crippen molar-refractivity contribution in [3.05, 3.63) is 0 Å². The lowest BCUT2D eigenvalue weighted by molar-refractivity contribution is -0.0313. The average molecular weight is 1230 g/mol. The van der Waals surface area contributed by atoms with Crippen LogP contribution in [-0.2, 0) is 49.4 Å². The lowest BCUT2D eigenvalue weighted by Gasteiger charge is -2.63. The van der Waals surface area contributed by atoms with Crippen molar-refractivity contribution in [1.29, 1.82) is 0 Å². The van der Waals surface area contributed by atoms with Crippen molar-refractivity contribution >= 4 is 70.4 Å². The van der Waals surface area contributed by atoms with Crippen molar-refractivity contribution < 1.29 is 90.2 Å². The van der Waals surface area contributed by atoms with E-state index in [0.29, 0.717) is 151 Å². The summed E-state index contributed by atoms with van der Waals surface area (Å²) in [6.07, 6.45) is 22.8. The highest BCUT2D eigenvalue weighted by molar-refractivity contribution is 7.03. The second-order valence-corrected chi connectivity index (χ2v) is 46.5. The van der Waals surface area contributed by atoms with E-state index < -0.39 is 70.4 Å². The van der Waals surface area contributed by atoms with E-state index in [1.165, 1.54) is 0 Å². The van der Waals surface area contributed by atoms with E-state index in [0.717, 1.165) is 103 Å². The van der Waals surface area contributed by atoms with E-state index in [2.05, 4.69) is 0 Å². The van der Waals surface area contributed by atoms with Gasteiger partial charge in [-0.1, -0.05) is 103 Å². The SMILES string of the molecule is OCCCCCC[Si]12O[Si]3(CCCCCCO)O[Si]4(CCCCCCO)O[Si](CCCCCCO)(O1)O[Si]1(CCCCCCO)O[Si](CCCCCCO)(O2)O[Si](CCCCCCO)(O3)O[Si](CCCCCCO)(O4)O1. The molecule has 0 atom stereocenters. The number of hydrogen-bond acceptors (Lipinski definition) is 20. The molecule has 0 spiro atoms. The van der Waals surface area contributed by atoms with Crippen molar-refractivity contribution in [3.63, 3.8) is 0 Å². The van der Waals surface area contributed by atoms with E-state index in [9.17, 15) is 40.9 Å². The lowest BCUT2D eigenvalue weighted by Crippen LogP contribution is -2.88. The van der Waals surface area contributed by atoms with Crippen molar-refractivity contribution in [3.8, 4) is 0 Å². The van der Waals surface area contributed by atoms with Crippen LogP contribution in [0.4, 0.5) is 0 Å². The molecule has 0 unspecified atom stereocenters. The predicted octanol–water partition coefficient (Wildman–Crippen LogP) is 8.19. The molecule has 8 bridgehead atoms. The van der Waals surface area contributed by atoms with E-state index in [4.69, 9.17) is 49.4 Å². The normalized spacial score (nSPS) is 31.9. The van der Waals surface area contributed by atoms with Crippen molar-refractivity contribution in [2.45, 2.75) is 254 Å². The van der Waals surface area contributed by atoms with E-state index in [1.807, 2.05) is 0 Å². The summed E-state index contributed by atoms with van der Waals surface area (Å²) in [5.41, 5.74) is 0. The zero-order valence-corrected chi connectivity index (χ0v) is 54.4. The first-order valence-corrected chi connectivity index (χ1v) is 45.7. The van der Waals surface area contributed by atoms with Gasteiger partial charge >= 0.3 is 70.4 Å². The molecule has 6 aliphatic heterocycles. The molecule has 6 aliphatic rings. The third-order valence-electron chi connectivity index (χ3n) is 14.9. The van der Waals surface area contributed by atoms with Crippen LogP contribution in [0.5, 0.6) is 0 Å². The van der Waals surface area contributed by atoms with Gasteiger partial charge in [-0.25, -0.2) is 0 Å². The molecule has 8 N–H and O–H groups in total. The minimum absolute atomic E-state index is 0.0849. The standard InChI is InChI=1S/C48H104O20Si8/c49-33-17-1-9-25-41-69-57-70(42-26-10-2-18-34-50)60-73(45-29-13-5-21-37-53)62-71(58-69,43-27-11-3-19-35-51)64-75(47-31-15-7-23-39-55)65-72(59-69,44-28-12-4-20-36-52)63-74(61-70,46-30-14-6-22-38-54)67-76(66-73,68-75)48-32-16-8-24-40-56/h49-56H,1-48H2. The van der Waals surface area contributed by atoms with Crippen LogP contribution in [-0.4, -0.2) is 164 Å². The minimum Gasteiger partial charge on any atom is -0.396 e. The molecule has 0 aromatic heterocycles. The lowest BCUT2D eigenvalue weighted by atomic mass is 10.2. The Kier molecular flexibility index (Phi) is 32.0. The Balaban J connectivity index is 1.85. The highest BCUT2D eigenvalue weighted by Gasteiger charge is 2.82. The fraction of sp³-hybridized carbons (Fsp3) is 1.00. The number of aliphatic hydroxyl groups excluding tert-OH is 8. The third kappa shape index (κ3) is 21.8. The smallest absolute Gasteiger partial charge is 0.396 e. The molecule has 0 amide bonds.